The van der Waals surface area contributed by atoms with E-state index in [1.807, 2.05) is 0 Å². The summed E-state index contributed by atoms with van der Waals surface area (Å²) >= 11 is 0. The summed E-state index contributed by atoms with van der Waals surface area (Å²) in [4.78, 5) is 3.85. The Balaban J connectivity index is 1.41. The largest absolute Gasteiger partial charge is 0.416 e. The van der Waals surface area contributed by atoms with E-state index in [2.05, 4.69) is 20.5 Å². The molecule has 3 aromatic carbocycles. The zero-order chi connectivity index (χ0) is 26.9. The van der Waals surface area contributed by atoms with E-state index in [0.717, 1.165) is 12.1 Å². The van der Waals surface area contributed by atoms with Crippen molar-refractivity contribution in [1.82, 2.24) is 24.5 Å². The van der Waals surface area contributed by atoms with Crippen LogP contribution in [-0.2, 0) is 31.4 Å². The SMILES string of the molecule is OC(Cn1cncn1)(Cn1ncc2cc(NCc3ccccc3C(F)(F)F)ccc21)c1ccc(F)cc1F. The molecule has 2 N–H and O–H groups in total. The molecular weight excluding hydrogens is 507 g/mol. The minimum absolute atomic E-state index is 0.0448. The first-order chi connectivity index (χ1) is 18.1. The molecule has 0 aliphatic carbocycles. The van der Waals surface area contributed by atoms with E-state index in [-0.39, 0.29) is 30.8 Å². The van der Waals surface area contributed by atoms with E-state index in [0.29, 0.717) is 22.7 Å². The minimum atomic E-state index is -4.46. The van der Waals surface area contributed by atoms with Crippen molar-refractivity contribution >= 4 is 16.6 Å². The Bertz CT molecular complexity index is 1570. The molecule has 0 spiro atoms. The number of aliphatic hydroxyl groups is 1. The maximum absolute atomic E-state index is 14.7. The monoisotopic (exact) mass is 528 g/mol. The van der Waals surface area contributed by atoms with Crippen molar-refractivity contribution in [2.45, 2.75) is 31.4 Å². The second kappa shape index (κ2) is 9.86. The number of fused-ring (bicyclic) bond motifs is 1. The Morgan fingerprint density at radius 1 is 0.895 bits per heavy atom. The van der Waals surface area contributed by atoms with Gasteiger partial charge in [0.25, 0.3) is 0 Å². The lowest BCUT2D eigenvalue weighted by Gasteiger charge is -2.29. The third-order valence-corrected chi connectivity index (χ3v) is 6.18. The van der Waals surface area contributed by atoms with Crippen LogP contribution in [0.2, 0.25) is 0 Å². The lowest BCUT2D eigenvalue weighted by Crippen LogP contribution is -2.37. The second-order valence-corrected chi connectivity index (χ2v) is 8.83. The van der Waals surface area contributed by atoms with E-state index >= 15 is 0 Å². The van der Waals surface area contributed by atoms with Crippen LogP contribution in [-0.4, -0.2) is 29.7 Å². The fraction of sp³-hybridized carbons (Fsp3) is 0.192. The van der Waals surface area contributed by atoms with Gasteiger partial charge in [0.1, 0.15) is 29.9 Å². The summed E-state index contributed by atoms with van der Waals surface area (Å²) in [5.41, 5.74) is -1.46. The molecule has 196 valence electrons. The first-order valence-electron chi connectivity index (χ1n) is 11.5. The third-order valence-electron chi connectivity index (χ3n) is 6.18. The van der Waals surface area contributed by atoms with Crippen LogP contribution in [0.15, 0.2) is 79.5 Å². The van der Waals surface area contributed by atoms with E-state index < -0.39 is 29.0 Å². The zero-order valence-electron chi connectivity index (χ0n) is 19.7. The average molecular weight is 528 g/mol. The normalized spacial score (nSPS) is 13.5. The highest BCUT2D eigenvalue weighted by atomic mass is 19.4. The van der Waals surface area contributed by atoms with Crippen LogP contribution < -0.4 is 5.32 Å². The van der Waals surface area contributed by atoms with Crippen molar-refractivity contribution in [1.29, 1.82) is 0 Å². The van der Waals surface area contributed by atoms with E-state index in [1.54, 1.807) is 24.3 Å². The first-order valence-corrected chi connectivity index (χ1v) is 11.5. The molecule has 0 saturated carbocycles. The fourth-order valence-electron chi connectivity index (χ4n) is 4.39. The number of aromatic nitrogens is 5. The summed E-state index contributed by atoms with van der Waals surface area (Å²) < 4.78 is 71.0. The number of benzene rings is 3. The molecule has 2 heterocycles. The molecule has 0 saturated heterocycles. The van der Waals surface area contributed by atoms with Crippen molar-refractivity contribution in [2.24, 2.45) is 0 Å². The van der Waals surface area contributed by atoms with Crippen molar-refractivity contribution in [3.8, 4) is 0 Å². The Morgan fingerprint density at radius 2 is 1.71 bits per heavy atom. The summed E-state index contributed by atoms with van der Waals surface area (Å²) in [6.45, 7) is -0.434. The number of rotatable bonds is 8. The summed E-state index contributed by atoms with van der Waals surface area (Å²) in [5, 5.41) is 23.6. The van der Waals surface area contributed by atoms with Gasteiger partial charge in [0.15, 0.2) is 0 Å². The predicted octanol–water partition coefficient (Wildman–Crippen LogP) is 5.12. The molecule has 7 nitrogen and oxygen atoms in total. The van der Waals surface area contributed by atoms with Gasteiger partial charge in [-0.1, -0.05) is 24.3 Å². The van der Waals surface area contributed by atoms with Crippen molar-refractivity contribution in [3.05, 3.63) is 108 Å². The number of hydrogen-bond acceptors (Lipinski definition) is 5. The third kappa shape index (κ3) is 5.21. The van der Waals surface area contributed by atoms with Gasteiger partial charge in [-0.05, 0) is 35.9 Å². The molecule has 5 rings (SSSR count). The van der Waals surface area contributed by atoms with E-state index in [9.17, 15) is 27.1 Å². The van der Waals surface area contributed by atoms with Crippen LogP contribution in [0.3, 0.4) is 0 Å². The molecule has 0 aliphatic heterocycles. The molecule has 0 aliphatic rings. The molecule has 12 heteroatoms. The molecule has 1 unspecified atom stereocenters. The Hall–Kier alpha value is -4.32. The van der Waals surface area contributed by atoms with Gasteiger partial charge in [-0.15, -0.1) is 0 Å². The quantitative estimate of drug-likeness (QED) is 0.273. The summed E-state index contributed by atoms with van der Waals surface area (Å²) in [7, 11) is 0. The number of nitrogens with zero attached hydrogens (tertiary/aromatic N) is 5. The Morgan fingerprint density at radius 3 is 2.45 bits per heavy atom. The van der Waals surface area contributed by atoms with Gasteiger partial charge >= 0.3 is 6.18 Å². The van der Waals surface area contributed by atoms with Crippen molar-refractivity contribution < 1.29 is 27.1 Å². The van der Waals surface area contributed by atoms with Gasteiger partial charge < -0.3 is 10.4 Å². The van der Waals surface area contributed by atoms with Gasteiger partial charge in [0, 0.05) is 29.2 Å². The van der Waals surface area contributed by atoms with Crippen LogP contribution in [0.25, 0.3) is 10.9 Å². The van der Waals surface area contributed by atoms with Crippen LogP contribution in [0.5, 0.6) is 0 Å². The van der Waals surface area contributed by atoms with Crippen LogP contribution in [0.4, 0.5) is 27.6 Å². The predicted molar refractivity (Wildman–Crippen MR) is 129 cm³/mol. The smallest absolute Gasteiger partial charge is 0.381 e. The molecule has 0 radical (unpaired) electrons. The van der Waals surface area contributed by atoms with Crippen molar-refractivity contribution in [3.63, 3.8) is 0 Å². The van der Waals surface area contributed by atoms with Crippen LogP contribution >= 0.6 is 0 Å². The number of hydrogen-bond donors (Lipinski definition) is 2. The van der Waals surface area contributed by atoms with Crippen molar-refractivity contribution in [2.75, 3.05) is 5.32 Å². The van der Waals surface area contributed by atoms with Gasteiger partial charge in [-0.25, -0.2) is 18.4 Å². The number of halogens is 5. The van der Waals surface area contributed by atoms with Crippen LogP contribution in [0, 0.1) is 11.6 Å². The molecule has 0 bridgehead atoms. The molecule has 2 aromatic heterocycles. The molecule has 5 aromatic rings. The van der Waals surface area contributed by atoms with E-state index in [4.69, 9.17) is 0 Å². The van der Waals surface area contributed by atoms with E-state index in [1.165, 1.54) is 46.4 Å². The second-order valence-electron chi connectivity index (χ2n) is 8.83. The summed E-state index contributed by atoms with van der Waals surface area (Å²) in [6, 6.07) is 13.3. The molecule has 38 heavy (non-hydrogen) atoms. The molecule has 0 fully saturated rings. The van der Waals surface area contributed by atoms with Crippen LogP contribution in [0.1, 0.15) is 16.7 Å². The highest BCUT2D eigenvalue weighted by Gasteiger charge is 2.35. The zero-order valence-corrected chi connectivity index (χ0v) is 19.7. The Labute approximate surface area is 213 Å². The number of anilines is 1. The molecular formula is C26H21F5N6O. The maximum Gasteiger partial charge on any atom is 0.416 e. The van der Waals surface area contributed by atoms with Gasteiger partial charge in [0.2, 0.25) is 0 Å². The topological polar surface area (TPSA) is 80.8 Å². The van der Waals surface area contributed by atoms with Gasteiger partial charge in [0.05, 0.1) is 30.4 Å². The minimum Gasteiger partial charge on any atom is -0.381 e. The highest BCUT2D eigenvalue weighted by molar-refractivity contribution is 5.82. The lowest BCUT2D eigenvalue weighted by atomic mass is 9.92. The van der Waals surface area contributed by atoms with Gasteiger partial charge in [-0.3, -0.25) is 4.68 Å². The average Bonchev–Trinajstić information content (AvgIpc) is 3.52. The standard InChI is InChI=1S/C26H21F5N6O/c27-19-5-7-22(23(28)10-19)25(38,13-36-16-32-15-35-36)14-37-24-8-6-20(9-18(24)12-34-37)33-11-17-3-1-2-4-21(17)26(29,30)31/h1-10,12,15-16,33,38H,11,13-14H2. The lowest BCUT2D eigenvalue weighted by molar-refractivity contribution is -0.138. The summed E-state index contributed by atoms with van der Waals surface area (Å²) in [5.74, 6) is -1.70. The maximum atomic E-state index is 14.7. The molecule has 0 amide bonds. The fourth-order valence-corrected chi connectivity index (χ4v) is 4.39. The summed E-state index contributed by atoms with van der Waals surface area (Å²) in [6.07, 6.45) is -0.299. The van der Waals surface area contributed by atoms with Gasteiger partial charge in [-0.2, -0.15) is 23.4 Å². The first kappa shape index (κ1) is 25.3. The number of nitrogens with one attached hydrogen (secondary N) is 1. The Kier molecular flexibility index (Phi) is 6.57. The highest BCUT2D eigenvalue weighted by Crippen LogP contribution is 2.33. The molecule has 1 atom stereocenters. The number of alkyl halides is 3.